The maximum absolute atomic E-state index is 12.2. The molecule has 21 heavy (non-hydrogen) atoms. The summed E-state index contributed by atoms with van der Waals surface area (Å²) in [5.41, 5.74) is 2.00. The van der Waals surface area contributed by atoms with Crippen molar-refractivity contribution in [3.63, 3.8) is 0 Å². The summed E-state index contributed by atoms with van der Waals surface area (Å²) in [7, 11) is 0. The normalized spacial score (nSPS) is 10.7. The number of rotatable bonds is 7. The van der Waals surface area contributed by atoms with Gasteiger partial charge in [-0.1, -0.05) is 12.5 Å². The summed E-state index contributed by atoms with van der Waals surface area (Å²) < 4.78 is 1.77. The van der Waals surface area contributed by atoms with Crippen molar-refractivity contribution in [1.29, 1.82) is 0 Å². The van der Waals surface area contributed by atoms with Crippen LogP contribution in [-0.4, -0.2) is 32.9 Å². The van der Waals surface area contributed by atoms with Gasteiger partial charge in [-0.05, 0) is 31.9 Å². The summed E-state index contributed by atoms with van der Waals surface area (Å²) in [4.78, 5) is 26.9. The van der Waals surface area contributed by atoms with Crippen LogP contribution in [0.15, 0.2) is 24.4 Å². The number of nitrogens with zero attached hydrogens (tertiary/aromatic N) is 2. The molecule has 0 aliphatic heterocycles. The van der Waals surface area contributed by atoms with Crippen molar-refractivity contribution >= 4 is 17.5 Å². The van der Waals surface area contributed by atoms with E-state index in [0.717, 1.165) is 18.5 Å². The summed E-state index contributed by atoms with van der Waals surface area (Å²) in [5, 5.41) is 11.4. The average Bonchev–Trinajstić information content (AvgIpc) is 2.78. The second-order valence-corrected chi connectivity index (χ2v) is 4.93. The van der Waals surface area contributed by atoms with Crippen LogP contribution in [-0.2, 0) is 4.79 Å². The van der Waals surface area contributed by atoms with Gasteiger partial charge in [0.1, 0.15) is 11.3 Å². The highest BCUT2D eigenvalue weighted by atomic mass is 16.4. The lowest BCUT2D eigenvalue weighted by molar-refractivity contribution is -0.137. The summed E-state index contributed by atoms with van der Waals surface area (Å²) in [6.07, 6.45) is 4.20. The highest BCUT2D eigenvalue weighted by Gasteiger charge is 2.15. The van der Waals surface area contributed by atoms with Crippen LogP contribution in [0.1, 0.15) is 41.9 Å². The Kier molecular flexibility index (Phi) is 4.92. The first-order valence-electron chi connectivity index (χ1n) is 7.03. The molecule has 0 bridgehead atoms. The maximum Gasteiger partial charge on any atom is 0.303 e. The Balaban J connectivity index is 1.88. The fraction of sp³-hybridized carbons (Fsp3) is 0.400. The van der Waals surface area contributed by atoms with Crippen LogP contribution in [0.25, 0.3) is 5.65 Å². The van der Waals surface area contributed by atoms with Crippen molar-refractivity contribution in [2.75, 3.05) is 6.54 Å². The van der Waals surface area contributed by atoms with Gasteiger partial charge in [0, 0.05) is 19.2 Å². The number of pyridine rings is 1. The molecule has 0 aliphatic carbocycles. The predicted octanol–water partition coefficient (Wildman–Crippen LogP) is 2.02. The van der Waals surface area contributed by atoms with Gasteiger partial charge < -0.3 is 10.4 Å². The van der Waals surface area contributed by atoms with Gasteiger partial charge in [-0.15, -0.1) is 0 Å². The topological polar surface area (TPSA) is 83.7 Å². The van der Waals surface area contributed by atoms with Gasteiger partial charge in [0.25, 0.3) is 5.91 Å². The number of imidazole rings is 1. The Labute approximate surface area is 122 Å². The van der Waals surface area contributed by atoms with Crippen molar-refractivity contribution in [1.82, 2.24) is 14.7 Å². The van der Waals surface area contributed by atoms with Gasteiger partial charge in [-0.3, -0.25) is 14.0 Å². The molecule has 2 heterocycles. The number of aliphatic carboxylic acids is 1. The molecule has 112 valence electrons. The van der Waals surface area contributed by atoms with Crippen molar-refractivity contribution < 1.29 is 14.7 Å². The predicted molar refractivity (Wildman–Crippen MR) is 78.4 cm³/mol. The molecule has 0 atom stereocenters. The third kappa shape index (κ3) is 3.81. The number of carbonyl (C=O) groups is 2. The molecule has 0 aromatic carbocycles. The number of carboxylic acid groups (broad SMARTS) is 1. The van der Waals surface area contributed by atoms with Gasteiger partial charge in [0.15, 0.2) is 0 Å². The zero-order valence-electron chi connectivity index (χ0n) is 12.0. The highest BCUT2D eigenvalue weighted by Crippen LogP contribution is 2.11. The van der Waals surface area contributed by atoms with Gasteiger partial charge in [0.2, 0.25) is 0 Å². The van der Waals surface area contributed by atoms with Crippen LogP contribution in [0.2, 0.25) is 0 Å². The molecular weight excluding hydrogens is 270 g/mol. The number of carboxylic acids is 1. The number of hydrogen-bond acceptors (Lipinski definition) is 3. The van der Waals surface area contributed by atoms with Gasteiger partial charge in [-0.25, -0.2) is 4.98 Å². The maximum atomic E-state index is 12.2. The van der Waals surface area contributed by atoms with Crippen LogP contribution in [0.3, 0.4) is 0 Å². The quantitative estimate of drug-likeness (QED) is 0.764. The molecule has 0 aliphatic rings. The molecule has 6 heteroatoms. The third-order valence-corrected chi connectivity index (χ3v) is 3.27. The molecule has 0 spiro atoms. The Hall–Kier alpha value is -2.37. The zero-order valence-corrected chi connectivity index (χ0v) is 12.0. The smallest absolute Gasteiger partial charge is 0.303 e. The number of amides is 1. The minimum absolute atomic E-state index is 0.149. The second-order valence-electron chi connectivity index (χ2n) is 4.93. The number of fused-ring (bicyclic) bond motifs is 1. The molecule has 2 N–H and O–H groups in total. The van der Waals surface area contributed by atoms with E-state index in [4.69, 9.17) is 5.11 Å². The lowest BCUT2D eigenvalue weighted by atomic mass is 10.2. The van der Waals surface area contributed by atoms with Crippen molar-refractivity contribution in [3.8, 4) is 0 Å². The number of hydrogen-bond donors (Lipinski definition) is 2. The Bertz CT molecular complexity index is 649. The van der Waals surface area contributed by atoms with Crippen LogP contribution in [0, 0.1) is 6.92 Å². The summed E-state index contributed by atoms with van der Waals surface area (Å²) in [6, 6.07) is 5.60. The summed E-state index contributed by atoms with van der Waals surface area (Å²) in [6.45, 7) is 2.35. The number of unbranched alkanes of at least 4 members (excludes halogenated alkanes) is 2. The average molecular weight is 289 g/mol. The molecule has 0 fully saturated rings. The van der Waals surface area contributed by atoms with E-state index in [0.29, 0.717) is 24.4 Å². The van der Waals surface area contributed by atoms with Crippen LogP contribution in [0.5, 0.6) is 0 Å². The van der Waals surface area contributed by atoms with Crippen molar-refractivity contribution in [3.05, 3.63) is 35.8 Å². The number of aryl methyl sites for hydroxylation is 1. The SMILES string of the molecule is Cc1nc2ccccn2c1C(=O)NCCCCCC(=O)O. The Morgan fingerprint density at radius 1 is 1.29 bits per heavy atom. The molecule has 0 saturated carbocycles. The zero-order chi connectivity index (χ0) is 15.2. The number of aromatic nitrogens is 2. The van der Waals surface area contributed by atoms with E-state index in [1.165, 1.54) is 0 Å². The van der Waals surface area contributed by atoms with Crippen molar-refractivity contribution in [2.24, 2.45) is 0 Å². The lowest BCUT2D eigenvalue weighted by Crippen LogP contribution is -2.26. The van der Waals surface area contributed by atoms with E-state index in [9.17, 15) is 9.59 Å². The van der Waals surface area contributed by atoms with Gasteiger partial charge in [0.05, 0.1) is 5.69 Å². The van der Waals surface area contributed by atoms with E-state index in [2.05, 4.69) is 10.3 Å². The number of nitrogens with one attached hydrogen (secondary N) is 1. The molecule has 0 radical (unpaired) electrons. The molecule has 1 amide bonds. The van der Waals surface area contributed by atoms with Crippen LogP contribution >= 0.6 is 0 Å². The van der Waals surface area contributed by atoms with Crippen molar-refractivity contribution in [2.45, 2.75) is 32.6 Å². The fourth-order valence-corrected chi connectivity index (χ4v) is 2.25. The molecule has 2 aromatic rings. The molecule has 6 nitrogen and oxygen atoms in total. The van der Waals surface area contributed by atoms with E-state index < -0.39 is 5.97 Å². The molecule has 2 aromatic heterocycles. The minimum atomic E-state index is -0.777. The largest absolute Gasteiger partial charge is 0.481 e. The van der Waals surface area contributed by atoms with E-state index >= 15 is 0 Å². The van der Waals surface area contributed by atoms with Crippen LogP contribution < -0.4 is 5.32 Å². The summed E-state index contributed by atoms with van der Waals surface area (Å²) >= 11 is 0. The lowest BCUT2D eigenvalue weighted by Gasteiger charge is -2.05. The van der Waals surface area contributed by atoms with Gasteiger partial charge >= 0.3 is 5.97 Å². The monoisotopic (exact) mass is 289 g/mol. The van der Waals surface area contributed by atoms with E-state index in [-0.39, 0.29) is 12.3 Å². The molecular formula is C15H19N3O3. The molecule has 2 rings (SSSR count). The third-order valence-electron chi connectivity index (χ3n) is 3.27. The standard InChI is InChI=1S/C15H19N3O3/c1-11-14(18-10-6-4-7-12(18)17-11)15(21)16-9-5-2-3-8-13(19)20/h4,6-7,10H,2-3,5,8-9H2,1H3,(H,16,21)(H,19,20). The molecule has 0 unspecified atom stereocenters. The first-order chi connectivity index (χ1) is 10.1. The first kappa shape index (κ1) is 15.0. The van der Waals surface area contributed by atoms with E-state index in [1.807, 2.05) is 31.3 Å². The molecule has 0 saturated heterocycles. The number of carbonyl (C=O) groups excluding carboxylic acids is 1. The highest BCUT2D eigenvalue weighted by molar-refractivity contribution is 5.94. The van der Waals surface area contributed by atoms with Crippen LogP contribution in [0.4, 0.5) is 0 Å². The fourth-order valence-electron chi connectivity index (χ4n) is 2.25. The van der Waals surface area contributed by atoms with E-state index in [1.54, 1.807) is 4.40 Å². The first-order valence-corrected chi connectivity index (χ1v) is 7.03. The Morgan fingerprint density at radius 2 is 2.10 bits per heavy atom. The Morgan fingerprint density at radius 3 is 2.86 bits per heavy atom. The minimum Gasteiger partial charge on any atom is -0.481 e. The second kappa shape index (κ2) is 6.88. The summed E-state index contributed by atoms with van der Waals surface area (Å²) in [5.74, 6) is -0.926. The van der Waals surface area contributed by atoms with Gasteiger partial charge in [-0.2, -0.15) is 0 Å².